The van der Waals surface area contributed by atoms with Crippen molar-refractivity contribution in [1.82, 2.24) is 9.97 Å². The van der Waals surface area contributed by atoms with Crippen molar-refractivity contribution in [2.75, 3.05) is 6.61 Å². The summed E-state index contributed by atoms with van der Waals surface area (Å²) in [5, 5.41) is 1.78. The van der Waals surface area contributed by atoms with Gasteiger partial charge in [0.15, 0.2) is 11.5 Å². The molecule has 0 radical (unpaired) electrons. The summed E-state index contributed by atoms with van der Waals surface area (Å²) in [4.78, 5) is 7.48. The number of ether oxygens (including phenoxy) is 3. The second-order valence-electron chi connectivity index (χ2n) is 6.80. The van der Waals surface area contributed by atoms with Gasteiger partial charge in [0.25, 0.3) is 0 Å². The minimum absolute atomic E-state index is 0.417. The summed E-state index contributed by atoms with van der Waals surface area (Å²) in [7, 11) is 0. The maximum absolute atomic E-state index is 6.03. The van der Waals surface area contributed by atoms with Crippen molar-refractivity contribution in [2.45, 2.75) is 26.7 Å². The zero-order valence-corrected chi connectivity index (χ0v) is 17.5. The van der Waals surface area contributed by atoms with Crippen LogP contribution in [0.5, 0.6) is 11.5 Å². The summed E-state index contributed by atoms with van der Waals surface area (Å²) in [6, 6.07) is 17.4. The lowest BCUT2D eigenvalue weighted by Gasteiger charge is -2.16. The van der Waals surface area contributed by atoms with Gasteiger partial charge in [0.1, 0.15) is 12.3 Å². The Kier molecular flexibility index (Phi) is 6.52. The van der Waals surface area contributed by atoms with Gasteiger partial charge in [0.05, 0.1) is 19.8 Å². The van der Waals surface area contributed by atoms with Crippen LogP contribution in [0.4, 0.5) is 0 Å². The number of fused-ring (bicyclic) bond motifs is 1. The molecule has 2 aromatic carbocycles. The average molecular weight is 423 g/mol. The van der Waals surface area contributed by atoms with Crippen LogP contribution in [-0.2, 0) is 24.6 Å². The van der Waals surface area contributed by atoms with Crippen molar-refractivity contribution >= 4 is 22.6 Å². The van der Waals surface area contributed by atoms with Crippen LogP contribution in [-0.4, -0.2) is 16.6 Å². The highest BCUT2D eigenvalue weighted by molar-refractivity contribution is 6.30. The molecule has 2 heterocycles. The van der Waals surface area contributed by atoms with E-state index < -0.39 is 0 Å². The Morgan fingerprint density at radius 2 is 1.73 bits per heavy atom. The second-order valence-corrected chi connectivity index (χ2v) is 7.24. The number of hydrogen-bond donors (Lipinski definition) is 1. The molecular weight excluding hydrogens is 400 g/mol. The molecule has 0 bridgehead atoms. The van der Waals surface area contributed by atoms with Crippen LogP contribution in [0, 0.1) is 0 Å². The van der Waals surface area contributed by atoms with Gasteiger partial charge < -0.3 is 19.2 Å². The number of nitrogens with one attached hydrogen (secondary N) is 1. The zero-order valence-electron chi connectivity index (χ0n) is 16.7. The summed E-state index contributed by atoms with van der Waals surface area (Å²) in [6.45, 7) is 3.83. The number of nitrogens with zero attached hydrogens (tertiary/aromatic N) is 1. The summed E-state index contributed by atoms with van der Waals surface area (Å²) < 4.78 is 17.9. The topological polar surface area (TPSA) is 56.4 Å². The molecule has 30 heavy (non-hydrogen) atoms. The highest BCUT2D eigenvalue weighted by atomic mass is 35.5. The van der Waals surface area contributed by atoms with Gasteiger partial charge in [-0.1, -0.05) is 35.9 Å². The fourth-order valence-electron chi connectivity index (χ4n) is 3.24. The summed E-state index contributed by atoms with van der Waals surface area (Å²) >= 11 is 5.95. The molecule has 154 valence electrons. The Bertz CT molecular complexity index is 1110. The van der Waals surface area contributed by atoms with Gasteiger partial charge in [-0.25, -0.2) is 4.98 Å². The first-order valence-electron chi connectivity index (χ1n) is 9.85. The van der Waals surface area contributed by atoms with E-state index in [2.05, 4.69) is 9.97 Å². The van der Waals surface area contributed by atoms with E-state index in [0.717, 1.165) is 33.5 Å². The molecule has 6 heteroatoms. The Morgan fingerprint density at radius 1 is 0.900 bits per heavy atom. The first kappa shape index (κ1) is 20.3. The van der Waals surface area contributed by atoms with E-state index >= 15 is 0 Å². The molecule has 0 aliphatic carbocycles. The van der Waals surface area contributed by atoms with Crippen LogP contribution < -0.4 is 9.47 Å². The van der Waals surface area contributed by atoms with Gasteiger partial charge in [0.2, 0.25) is 0 Å². The Hall–Kier alpha value is -3.02. The SMILES string of the molecule is CCOc1c(COCc2c[nH]c3ncccc23)cccc1OCc1ccc(Cl)cc1. The molecule has 0 spiro atoms. The van der Waals surface area contributed by atoms with Crippen molar-refractivity contribution < 1.29 is 14.2 Å². The Morgan fingerprint density at radius 3 is 2.57 bits per heavy atom. The number of aromatic nitrogens is 2. The maximum atomic E-state index is 6.03. The molecule has 0 saturated carbocycles. The molecule has 0 amide bonds. The lowest BCUT2D eigenvalue weighted by molar-refractivity contribution is 0.105. The highest BCUT2D eigenvalue weighted by Gasteiger charge is 2.12. The van der Waals surface area contributed by atoms with Gasteiger partial charge in [0, 0.05) is 33.9 Å². The van der Waals surface area contributed by atoms with E-state index in [1.54, 1.807) is 6.20 Å². The maximum Gasteiger partial charge on any atom is 0.166 e. The number of aromatic amines is 1. The van der Waals surface area contributed by atoms with Crippen LogP contribution in [0.3, 0.4) is 0 Å². The Balaban J connectivity index is 1.44. The molecule has 1 N–H and O–H groups in total. The molecule has 5 nitrogen and oxygen atoms in total. The molecule has 4 rings (SSSR count). The number of para-hydroxylation sites is 1. The number of hydrogen-bond acceptors (Lipinski definition) is 4. The Labute approximate surface area is 180 Å². The highest BCUT2D eigenvalue weighted by Crippen LogP contribution is 2.33. The van der Waals surface area contributed by atoms with Crippen molar-refractivity contribution in [1.29, 1.82) is 0 Å². The number of rotatable bonds is 9. The van der Waals surface area contributed by atoms with Crippen LogP contribution in [0.1, 0.15) is 23.6 Å². The predicted octanol–water partition coefficient (Wildman–Crippen LogP) is 5.91. The van der Waals surface area contributed by atoms with Crippen LogP contribution in [0.15, 0.2) is 67.0 Å². The van der Waals surface area contributed by atoms with E-state index in [0.29, 0.717) is 37.2 Å². The van der Waals surface area contributed by atoms with Gasteiger partial charge in [-0.05, 0) is 42.8 Å². The quantitative estimate of drug-likeness (QED) is 0.364. The molecule has 0 saturated heterocycles. The summed E-state index contributed by atoms with van der Waals surface area (Å²) in [5.41, 5.74) is 3.93. The molecule has 0 aliphatic rings. The largest absolute Gasteiger partial charge is 0.490 e. The molecule has 0 fully saturated rings. The van der Waals surface area contributed by atoms with Crippen molar-refractivity contribution in [3.8, 4) is 11.5 Å². The third-order valence-electron chi connectivity index (χ3n) is 4.71. The van der Waals surface area contributed by atoms with E-state index in [1.165, 1.54) is 0 Å². The standard InChI is InChI=1S/C24H23ClN2O3/c1-2-29-23-18(15-28-16-19-13-27-24-21(19)6-4-12-26-24)5-3-7-22(23)30-14-17-8-10-20(25)11-9-17/h3-13H,2,14-16H2,1H3,(H,26,27). The summed E-state index contributed by atoms with van der Waals surface area (Å²) in [5.74, 6) is 1.42. The normalized spacial score (nSPS) is 11.0. The molecule has 0 unspecified atom stereocenters. The lowest BCUT2D eigenvalue weighted by Crippen LogP contribution is -2.03. The predicted molar refractivity (Wildman–Crippen MR) is 118 cm³/mol. The van der Waals surface area contributed by atoms with Gasteiger partial charge in [-0.3, -0.25) is 0 Å². The van der Waals surface area contributed by atoms with Crippen molar-refractivity contribution in [3.63, 3.8) is 0 Å². The number of H-pyrrole nitrogens is 1. The average Bonchev–Trinajstić information content (AvgIpc) is 3.18. The van der Waals surface area contributed by atoms with E-state index in [4.69, 9.17) is 25.8 Å². The smallest absolute Gasteiger partial charge is 0.166 e. The first-order chi connectivity index (χ1) is 14.7. The third kappa shape index (κ3) is 4.75. The minimum atomic E-state index is 0.417. The lowest BCUT2D eigenvalue weighted by atomic mass is 10.2. The van der Waals surface area contributed by atoms with E-state index in [1.807, 2.05) is 67.7 Å². The van der Waals surface area contributed by atoms with Gasteiger partial charge in [-0.2, -0.15) is 0 Å². The van der Waals surface area contributed by atoms with Gasteiger partial charge >= 0.3 is 0 Å². The molecular formula is C24H23ClN2O3. The van der Waals surface area contributed by atoms with E-state index in [9.17, 15) is 0 Å². The fourth-order valence-corrected chi connectivity index (χ4v) is 3.37. The minimum Gasteiger partial charge on any atom is -0.490 e. The summed E-state index contributed by atoms with van der Waals surface area (Å²) in [6.07, 6.45) is 3.71. The third-order valence-corrected chi connectivity index (χ3v) is 4.96. The molecule has 4 aromatic rings. The first-order valence-corrected chi connectivity index (χ1v) is 10.2. The molecule has 0 aliphatic heterocycles. The fraction of sp³-hybridized carbons (Fsp3) is 0.208. The van der Waals surface area contributed by atoms with Gasteiger partial charge in [-0.15, -0.1) is 0 Å². The van der Waals surface area contributed by atoms with Crippen LogP contribution in [0.25, 0.3) is 11.0 Å². The number of benzene rings is 2. The molecule has 0 atom stereocenters. The number of halogens is 1. The molecule has 2 aromatic heterocycles. The number of pyridine rings is 1. The van der Waals surface area contributed by atoms with Crippen LogP contribution >= 0.6 is 11.6 Å². The van der Waals surface area contributed by atoms with Crippen molar-refractivity contribution in [3.05, 3.63) is 88.7 Å². The van der Waals surface area contributed by atoms with Crippen molar-refractivity contribution in [2.24, 2.45) is 0 Å². The van der Waals surface area contributed by atoms with Crippen LogP contribution in [0.2, 0.25) is 5.02 Å². The monoisotopic (exact) mass is 422 g/mol. The van der Waals surface area contributed by atoms with E-state index in [-0.39, 0.29) is 0 Å². The zero-order chi connectivity index (χ0) is 20.8. The second kappa shape index (κ2) is 9.65.